The van der Waals surface area contributed by atoms with Gasteiger partial charge in [-0.1, -0.05) is 29.5 Å². The number of Topliss-reactive ketones (excluding diaryl/α,β-unsaturated/α-hetero) is 1. The van der Waals surface area contributed by atoms with Gasteiger partial charge >= 0.3 is 0 Å². The Bertz CT molecular complexity index is 1240. The molecule has 136 valence electrons. The molecule has 2 bridgehead atoms. The monoisotopic (exact) mass is 379 g/mol. The van der Waals surface area contributed by atoms with E-state index in [0.717, 1.165) is 11.3 Å². The Hall–Kier alpha value is -2.93. The van der Waals surface area contributed by atoms with Gasteiger partial charge in [-0.15, -0.1) is 0 Å². The fraction of sp³-hybridized carbons (Fsp3) is 0.250. The Morgan fingerprint density at radius 1 is 1.33 bits per heavy atom. The quantitative estimate of drug-likeness (QED) is 0.735. The topological polar surface area (TPSA) is 76.4 Å². The number of hydrogen-bond donors (Lipinski definition) is 1. The van der Waals surface area contributed by atoms with Crippen molar-refractivity contribution in [2.24, 2.45) is 10.9 Å². The maximum absolute atomic E-state index is 13.2. The lowest BCUT2D eigenvalue weighted by Gasteiger charge is -2.45. The Kier molecular flexibility index (Phi) is 3.33. The molecule has 7 heteroatoms. The average Bonchev–Trinajstić information content (AvgIpc) is 3.22. The number of nitrogens with one attached hydrogen (secondary N) is 1. The van der Waals surface area contributed by atoms with Gasteiger partial charge in [0.25, 0.3) is 5.56 Å². The summed E-state index contributed by atoms with van der Waals surface area (Å²) in [5.74, 6) is 0.0786. The molecule has 1 N–H and O–H groups in total. The van der Waals surface area contributed by atoms with E-state index in [2.05, 4.69) is 4.98 Å². The number of rotatable bonds is 2. The number of benzene rings is 1. The molecule has 0 saturated carbocycles. The number of ether oxygens (including phenoxy) is 1. The molecular weight excluding hydrogens is 362 g/mol. The minimum Gasteiger partial charge on any atom is -0.465 e. The lowest BCUT2D eigenvalue weighted by molar-refractivity contribution is -0.132. The maximum Gasteiger partial charge on any atom is 0.270 e. The molecular formula is C20H17N3O3S. The number of thiazole rings is 1. The van der Waals surface area contributed by atoms with Crippen molar-refractivity contribution in [2.75, 3.05) is 0 Å². The fourth-order valence-electron chi connectivity index (χ4n) is 4.13. The number of H-pyrrole nitrogens is 1. The summed E-state index contributed by atoms with van der Waals surface area (Å²) in [5, 5.41) is 0. The summed E-state index contributed by atoms with van der Waals surface area (Å²) in [6.07, 6.45) is 3.63. The first-order valence-electron chi connectivity index (χ1n) is 8.73. The Morgan fingerprint density at radius 3 is 2.89 bits per heavy atom. The normalized spacial score (nSPS) is 25.9. The second-order valence-electron chi connectivity index (χ2n) is 7.03. The van der Waals surface area contributed by atoms with Gasteiger partial charge in [0.2, 0.25) is 5.72 Å². The SMILES string of the molecule is CC(=O)[C@H]1[C@H]2c3ccccc3O[C@@]1(C)N=c1s/c(=C\c3ccc[nH]3)c(=O)n12. The van der Waals surface area contributed by atoms with Crippen LogP contribution in [0, 0.1) is 5.92 Å². The molecule has 1 aromatic carbocycles. The fourth-order valence-corrected chi connectivity index (χ4v) is 5.22. The first kappa shape index (κ1) is 16.3. The van der Waals surface area contributed by atoms with E-state index in [0.29, 0.717) is 15.1 Å². The van der Waals surface area contributed by atoms with Crippen LogP contribution in [0.2, 0.25) is 0 Å². The predicted molar refractivity (Wildman–Crippen MR) is 102 cm³/mol. The highest BCUT2D eigenvalue weighted by Crippen LogP contribution is 2.47. The molecule has 0 fully saturated rings. The van der Waals surface area contributed by atoms with Crippen LogP contribution >= 0.6 is 11.3 Å². The van der Waals surface area contributed by atoms with Crippen LogP contribution in [0.4, 0.5) is 0 Å². The highest BCUT2D eigenvalue weighted by Gasteiger charge is 2.53. The average molecular weight is 379 g/mol. The molecule has 5 rings (SSSR count). The van der Waals surface area contributed by atoms with Gasteiger partial charge < -0.3 is 9.72 Å². The first-order chi connectivity index (χ1) is 13.0. The molecule has 2 aliphatic heterocycles. The second kappa shape index (κ2) is 5.53. The van der Waals surface area contributed by atoms with Gasteiger partial charge in [-0.3, -0.25) is 14.2 Å². The zero-order chi connectivity index (χ0) is 18.8. The summed E-state index contributed by atoms with van der Waals surface area (Å²) in [5.41, 5.74) is 0.535. The van der Waals surface area contributed by atoms with E-state index in [1.807, 2.05) is 55.6 Å². The van der Waals surface area contributed by atoms with Crippen molar-refractivity contribution in [2.45, 2.75) is 25.6 Å². The summed E-state index contributed by atoms with van der Waals surface area (Å²) in [7, 11) is 0. The molecule has 0 unspecified atom stereocenters. The van der Waals surface area contributed by atoms with E-state index in [4.69, 9.17) is 9.73 Å². The summed E-state index contributed by atoms with van der Waals surface area (Å²) >= 11 is 1.32. The van der Waals surface area contributed by atoms with Crippen molar-refractivity contribution >= 4 is 23.2 Å². The number of carbonyl (C=O) groups is 1. The van der Waals surface area contributed by atoms with Crippen LogP contribution < -0.4 is 19.6 Å². The first-order valence-corrected chi connectivity index (χ1v) is 9.54. The molecule has 3 aromatic rings. The molecule has 2 aliphatic rings. The lowest BCUT2D eigenvalue weighted by atomic mass is 9.79. The van der Waals surface area contributed by atoms with Crippen LogP contribution in [-0.2, 0) is 4.79 Å². The third-order valence-corrected chi connectivity index (χ3v) is 6.21. The maximum atomic E-state index is 13.2. The zero-order valence-electron chi connectivity index (χ0n) is 14.8. The van der Waals surface area contributed by atoms with E-state index in [-0.39, 0.29) is 11.3 Å². The summed E-state index contributed by atoms with van der Waals surface area (Å²) in [4.78, 5) is 34.2. The number of hydrogen-bond acceptors (Lipinski definition) is 5. The molecule has 0 aliphatic carbocycles. The van der Waals surface area contributed by atoms with Gasteiger partial charge in [-0.2, -0.15) is 0 Å². The van der Waals surface area contributed by atoms with Gasteiger partial charge in [0, 0.05) is 17.5 Å². The van der Waals surface area contributed by atoms with E-state index in [1.54, 1.807) is 4.57 Å². The summed E-state index contributed by atoms with van der Waals surface area (Å²) < 4.78 is 8.40. The van der Waals surface area contributed by atoms with Gasteiger partial charge in [0.05, 0.1) is 10.6 Å². The minimum atomic E-state index is -1.02. The van der Waals surface area contributed by atoms with Crippen molar-refractivity contribution in [3.63, 3.8) is 0 Å². The molecule has 0 spiro atoms. The smallest absolute Gasteiger partial charge is 0.270 e. The largest absolute Gasteiger partial charge is 0.465 e. The molecule has 4 heterocycles. The molecule has 6 nitrogen and oxygen atoms in total. The Labute approximate surface area is 158 Å². The van der Waals surface area contributed by atoms with Gasteiger partial charge in [0.15, 0.2) is 4.80 Å². The van der Waals surface area contributed by atoms with Crippen molar-refractivity contribution in [3.8, 4) is 5.75 Å². The zero-order valence-corrected chi connectivity index (χ0v) is 15.6. The van der Waals surface area contributed by atoms with Crippen LogP contribution in [0.15, 0.2) is 52.4 Å². The molecule has 0 amide bonds. The number of para-hydroxylation sites is 1. The number of ketones is 1. The van der Waals surface area contributed by atoms with Crippen molar-refractivity contribution in [1.82, 2.24) is 9.55 Å². The number of aromatic nitrogens is 2. The third-order valence-electron chi connectivity index (χ3n) is 5.23. The van der Waals surface area contributed by atoms with E-state index >= 15 is 0 Å². The Morgan fingerprint density at radius 2 is 2.15 bits per heavy atom. The lowest BCUT2D eigenvalue weighted by Crippen LogP contribution is -2.58. The van der Waals surface area contributed by atoms with Crippen LogP contribution in [-0.4, -0.2) is 21.1 Å². The second-order valence-corrected chi connectivity index (χ2v) is 8.04. The molecule has 0 radical (unpaired) electrons. The Balaban J connectivity index is 1.85. The number of aromatic amines is 1. The molecule has 2 aromatic heterocycles. The van der Waals surface area contributed by atoms with Gasteiger partial charge in [-0.25, -0.2) is 4.99 Å². The van der Waals surface area contributed by atoms with Crippen LogP contribution in [0.25, 0.3) is 6.08 Å². The number of carbonyl (C=O) groups excluding carboxylic acids is 1. The van der Waals surface area contributed by atoms with Crippen molar-refractivity contribution in [3.05, 3.63) is 73.5 Å². The number of fused-ring (bicyclic) bond motifs is 6. The highest BCUT2D eigenvalue weighted by molar-refractivity contribution is 7.07. The number of nitrogens with zero attached hydrogens (tertiary/aromatic N) is 2. The van der Waals surface area contributed by atoms with E-state index in [1.165, 1.54) is 18.3 Å². The summed E-state index contributed by atoms with van der Waals surface area (Å²) in [6, 6.07) is 10.9. The predicted octanol–water partition coefficient (Wildman–Crippen LogP) is 1.60. The van der Waals surface area contributed by atoms with Crippen molar-refractivity contribution in [1.29, 1.82) is 0 Å². The summed E-state index contributed by atoms with van der Waals surface area (Å²) in [6.45, 7) is 3.36. The van der Waals surface area contributed by atoms with Crippen molar-refractivity contribution < 1.29 is 9.53 Å². The third kappa shape index (κ3) is 2.28. The van der Waals surface area contributed by atoms with Gasteiger partial charge in [-0.05, 0) is 38.1 Å². The van der Waals surface area contributed by atoms with E-state index in [9.17, 15) is 9.59 Å². The molecule has 3 atom stereocenters. The minimum absolute atomic E-state index is 0.0422. The molecule has 27 heavy (non-hydrogen) atoms. The van der Waals surface area contributed by atoms with Crippen LogP contribution in [0.1, 0.15) is 31.1 Å². The van der Waals surface area contributed by atoms with Crippen LogP contribution in [0.3, 0.4) is 0 Å². The standard InChI is InChI=1S/C20H17N3O3S/c1-11(24)16-17-13-7-3-4-8-14(13)26-20(16,2)22-19-23(17)18(25)15(27-19)10-12-6-5-9-21-12/h3-10,16-17,21H,1-2H3/b15-10-/t16-,17+,20+/m0/s1. The molecule has 0 saturated heterocycles. The van der Waals surface area contributed by atoms with E-state index < -0.39 is 17.7 Å². The van der Waals surface area contributed by atoms with Gasteiger partial charge in [0.1, 0.15) is 17.5 Å². The van der Waals surface area contributed by atoms with Crippen LogP contribution in [0.5, 0.6) is 5.75 Å². The highest BCUT2D eigenvalue weighted by atomic mass is 32.1.